The highest BCUT2D eigenvalue weighted by molar-refractivity contribution is 5.68. The van der Waals surface area contributed by atoms with Crippen LogP contribution in [0.2, 0.25) is 0 Å². The zero-order valence-electron chi connectivity index (χ0n) is 19.4. The number of amides is 1. The van der Waals surface area contributed by atoms with E-state index in [-0.39, 0.29) is 0 Å². The van der Waals surface area contributed by atoms with E-state index in [0.717, 1.165) is 39.1 Å². The first-order chi connectivity index (χ1) is 14.6. The lowest BCUT2D eigenvalue weighted by Crippen LogP contribution is -2.44. The molecule has 1 aromatic heterocycles. The molecular weight excluding hydrogens is 394 g/mol. The molecule has 1 amide bonds. The molecule has 2 heterocycles. The van der Waals surface area contributed by atoms with Crippen molar-refractivity contribution in [3.8, 4) is 0 Å². The van der Waals surface area contributed by atoms with Crippen molar-refractivity contribution in [3.63, 3.8) is 0 Å². The molecule has 1 saturated heterocycles. The molecule has 1 N–H and O–H groups in total. The highest BCUT2D eigenvalue weighted by Gasteiger charge is 2.31. The molecule has 0 atom stereocenters. The van der Waals surface area contributed by atoms with E-state index in [4.69, 9.17) is 9.26 Å². The molecule has 0 radical (unpaired) electrons. The fourth-order valence-electron chi connectivity index (χ4n) is 3.56. The highest BCUT2D eigenvalue weighted by atomic mass is 16.6. The number of rotatable bonds is 6. The molecule has 1 aromatic carbocycles. The Morgan fingerprint density at radius 3 is 2.32 bits per heavy atom. The van der Waals surface area contributed by atoms with Crippen LogP contribution in [-0.2, 0) is 23.4 Å². The minimum Gasteiger partial charge on any atom is -0.444 e. The van der Waals surface area contributed by atoms with E-state index >= 15 is 0 Å². The summed E-state index contributed by atoms with van der Waals surface area (Å²) in [5.41, 5.74) is -0.0174. The summed E-state index contributed by atoms with van der Waals surface area (Å²) in [7, 11) is 0. The van der Waals surface area contributed by atoms with Gasteiger partial charge in [0.25, 0.3) is 0 Å². The van der Waals surface area contributed by atoms with Crippen LogP contribution in [0.3, 0.4) is 0 Å². The van der Waals surface area contributed by atoms with Gasteiger partial charge in [-0.05, 0) is 59.7 Å². The fraction of sp³-hybridized carbons (Fsp3) is 0.609. The summed E-state index contributed by atoms with van der Waals surface area (Å²) < 4.78 is 10.8. The Balaban J connectivity index is 1.52. The largest absolute Gasteiger partial charge is 0.444 e. The summed E-state index contributed by atoms with van der Waals surface area (Å²) in [4.78, 5) is 21.5. The van der Waals surface area contributed by atoms with E-state index in [1.807, 2.05) is 34.6 Å². The molecule has 0 bridgehead atoms. The van der Waals surface area contributed by atoms with Crippen LogP contribution >= 0.6 is 0 Å². The second-order valence-electron chi connectivity index (χ2n) is 9.66. The Morgan fingerprint density at radius 1 is 1.03 bits per heavy atom. The number of nitrogens with zero attached hydrogens (tertiary/aromatic N) is 4. The van der Waals surface area contributed by atoms with E-state index in [0.29, 0.717) is 18.3 Å². The molecule has 8 heteroatoms. The number of hydrogen-bond donors (Lipinski definition) is 1. The van der Waals surface area contributed by atoms with Crippen molar-refractivity contribution in [2.24, 2.45) is 0 Å². The summed E-state index contributed by atoms with van der Waals surface area (Å²) in [6.07, 6.45) is 0.592. The molecule has 170 valence electrons. The van der Waals surface area contributed by atoms with Gasteiger partial charge in [0.05, 0.1) is 6.54 Å². The molecule has 3 rings (SSSR count). The predicted octanol–water partition coefficient (Wildman–Crippen LogP) is 3.54. The van der Waals surface area contributed by atoms with Crippen molar-refractivity contribution in [1.82, 2.24) is 25.3 Å². The van der Waals surface area contributed by atoms with Gasteiger partial charge in [0, 0.05) is 19.6 Å². The van der Waals surface area contributed by atoms with Gasteiger partial charge >= 0.3 is 6.09 Å². The quantitative estimate of drug-likeness (QED) is 0.752. The van der Waals surface area contributed by atoms with Gasteiger partial charge in [-0.15, -0.1) is 0 Å². The predicted molar refractivity (Wildman–Crippen MR) is 118 cm³/mol. The minimum atomic E-state index is -0.796. The van der Waals surface area contributed by atoms with Gasteiger partial charge in [-0.25, -0.2) is 4.79 Å². The van der Waals surface area contributed by atoms with Crippen LogP contribution in [0, 0.1) is 0 Å². The third-order valence-corrected chi connectivity index (χ3v) is 5.13. The lowest BCUT2D eigenvalue weighted by molar-refractivity contribution is 0.0465. The van der Waals surface area contributed by atoms with Crippen molar-refractivity contribution in [2.45, 2.75) is 65.3 Å². The van der Waals surface area contributed by atoms with Gasteiger partial charge in [-0.3, -0.25) is 9.80 Å². The highest BCUT2D eigenvalue weighted by Crippen LogP contribution is 2.19. The summed E-state index contributed by atoms with van der Waals surface area (Å²) in [6.45, 7) is 14.7. The first kappa shape index (κ1) is 23.2. The molecule has 0 spiro atoms. The molecule has 0 saturated carbocycles. The summed E-state index contributed by atoms with van der Waals surface area (Å²) in [5.74, 6) is 0.999. The van der Waals surface area contributed by atoms with Crippen LogP contribution < -0.4 is 5.32 Å². The first-order valence-electron chi connectivity index (χ1n) is 10.9. The molecule has 1 fully saturated rings. The minimum absolute atomic E-state index is 0.439. The number of carbonyl (C=O) groups is 1. The molecule has 1 aliphatic rings. The number of ether oxygens (including phenoxy) is 1. The standard InChI is InChI=1S/C23H35N5O3/c1-22(2,3)30-21(29)25-23(4,5)20-24-19(31-26-20)17-28-13-9-12-27(14-15-28)16-18-10-7-6-8-11-18/h6-8,10-11H,9,12-17H2,1-5H3,(H,25,29). The van der Waals surface area contributed by atoms with Crippen LogP contribution in [-0.4, -0.2) is 57.8 Å². The topological polar surface area (TPSA) is 83.7 Å². The number of benzene rings is 1. The van der Waals surface area contributed by atoms with Crippen molar-refractivity contribution < 1.29 is 14.1 Å². The number of alkyl carbamates (subject to hydrolysis) is 1. The van der Waals surface area contributed by atoms with E-state index in [2.05, 4.69) is 55.6 Å². The van der Waals surface area contributed by atoms with Gasteiger partial charge in [0.15, 0.2) is 5.82 Å². The third kappa shape index (κ3) is 7.33. The van der Waals surface area contributed by atoms with Gasteiger partial charge in [-0.1, -0.05) is 35.5 Å². The van der Waals surface area contributed by atoms with Gasteiger partial charge in [0.1, 0.15) is 11.1 Å². The second kappa shape index (κ2) is 9.78. The zero-order valence-corrected chi connectivity index (χ0v) is 19.4. The first-order valence-corrected chi connectivity index (χ1v) is 10.9. The Morgan fingerprint density at radius 2 is 1.68 bits per heavy atom. The van der Waals surface area contributed by atoms with Gasteiger partial charge < -0.3 is 14.6 Å². The Labute approximate surface area is 184 Å². The molecule has 0 aliphatic carbocycles. The zero-order chi connectivity index (χ0) is 22.5. The SMILES string of the molecule is CC(C)(C)OC(=O)NC(C)(C)c1noc(CN2CCCN(Cc3ccccc3)CC2)n1. The van der Waals surface area contributed by atoms with E-state index < -0.39 is 17.2 Å². The molecule has 8 nitrogen and oxygen atoms in total. The fourth-order valence-corrected chi connectivity index (χ4v) is 3.56. The molecule has 0 unspecified atom stereocenters. The lowest BCUT2D eigenvalue weighted by Gasteiger charge is -2.26. The van der Waals surface area contributed by atoms with E-state index in [9.17, 15) is 4.79 Å². The average molecular weight is 430 g/mol. The smallest absolute Gasteiger partial charge is 0.408 e. The van der Waals surface area contributed by atoms with Crippen molar-refractivity contribution in [2.75, 3.05) is 26.2 Å². The Hall–Kier alpha value is -2.45. The van der Waals surface area contributed by atoms with E-state index in [1.54, 1.807) is 0 Å². The van der Waals surface area contributed by atoms with Crippen LogP contribution in [0.1, 0.15) is 58.3 Å². The third-order valence-electron chi connectivity index (χ3n) is 5.13. The van der Waals surface area contributed by atoms with Crippen molar-refractivity contribution in [1.29, 1.82) is 0 Å². The molecular formula is C23H35N5O3. The van der Waals surface area contributed by atoms with Crippen molar-refractivity contribution in [3.05, 3.63) is 47.6 Å². The maximum absolute atomic E-state index is 12.1. The number of aromatic nitrogens is 2. The summed E-state index contributed by atoms with van der Waals surface area (Å²) >= 11 is 0. The van der Waals surface area contributed by atoms with Crippen LogP contribution in [0.25, 0.3) is 0 Å². The van der Waals surface area contributed by atoms with Crippen LogP contribution in [0.4, 0.5) is 4.79 Å². The maximum atomic E-state index is 12.1. The number of hydrogen-bond acceptors (Lipinski definition) is 7. The molecule has 2 aromatic rings. The maximum Gasteiger partial charge on any atom is 0.408 e. The normalized spacial score (nSPS) is 16.7. The summed E-state index contributed by atoms with van der Waals surface area (Å²) in [6, 6.07) is 10.6. The molecule has 31 heavy (non-hydrogen) atoms. The Bertz CT molecular complexity index is 844. The van der Waals surface area contributed by atoms with Crippen LogP contribution in [0.15, 0.2) is 34.9 Å². The second-order valence-corrected chi connectivity index (χ2v) is 9.66. The van der Waals surface area contributed by atoms with E-state index in [1.165, 1.54) is 5.56 Å². The number of nitrogens with one attached hydrogen (secondary N) is 1. The lowest BCUT2D eigenvalue weighted by atomic mass is 10.1. The van der Waals surface area contributed by atoms with Crippen molar-refractivity contribution >= 4 is 6.09 Å². The van der Waals surface area contributed by atoms with Crippen LogP contribution in [0.5, 0.6) is 0 Å². The molecule has 1 aliphatic heterocycles. The average Bonchev–Trinajstić information content (AvgIpc) is 3.03. The Kier molecular flexibility index (Phi) is 7.33. The number of carbonyl (C=O) groups excluding carboxylic acids is 1. The van der Waals surface area contributed by atoms with Gasteiger partial charge in [0.2, 0.25) is 5.89 Å². The van der Waals surface area contributed by atoms with Gasteiger partial charge in [-0.2, -0.15) is 4.98 Å². The summed E-state index contributed by atoms with van der Waals surface area (Å²) in [5, 5.41) is 6.92. The monoisotopic (exact) mass is 429 g/mol.